The Labute approximate surface area is 156 Å². The van der Waals surface area contributed by atoms with Crippen LogP contribution in [0.5, 0.6) is 0 Å². The molecule has 1 aromatic carbocycles. The fraction of sp³-hybridized carbons (Fsp3) is 0.636. The van der Waals surface area contributed by atoms with Gasteiger partial charge < -0.3 is 10.6 Å². The molecule has 4 aliphatic rings. The second-order valence-electron chi connectivity index (χ2n) is 9.23. The number of nitrogens with one attached hydrogen (secondary N) is 2. The van der Waals surface area contributed by atoms with Gasteiger partial charge in [0, 0.05) is 11.7 Å². The molecule has 1 unspecified atom stereocenters. The van der Waals surface area contributed by atoms with Crippen molar-refractivity contribution in [3.8, 4) is 0 Å². The van der Waals surface area contributed by atoms with Gasteiger partial charge in [0.15, 0.2) is 0 Å². The summed E-state index contributed by atoms with van der Waals surface area (Å²) in [6.07, 6.45) is 7.81. The van der Waals surface area contributed by atoms with Crippen LogP contribution in [-0.2, 0) is 9.59 Å². The van der Waals surface area contributed by atoms with E-state index in [4.69, 9.17) is 0 Å². The highest BCUT2D eigenvalue weighted by atomic mass is 16.2. The lowest BCUT2D eigenvalue weighted by Gasteiger charge is -2.59. The molecule has 1 aromatic rings. The summed E-state index contributed by atoms with van der Waals surface area (Å²) in [4.78, 5) is 24.8. The van der Waals surface area contributed by atoms with Crippen LogP contribution in [0.3, 0.4) is 0 Å². The maximum atomic E-state index is 12.5. The number of carbonyl (C=O) groups excluding carboxylic acids is 2. The molecule has 140 valence electrons. The molecule has 4 saturated carbocycles. The van der Waals surface area contributed by atoms with Gasteiger partial charge >= 0.3 is 11.8 Å². The van der Waals surface area contributed by atoms with Crippen molar-refractivity contribution in [3.63, 3.8) is 0 Å². The molecular formula is C22H30N2O2. The van der Waals surface area contributed by atoms with Gasteiger partial charge in [-0.15, -0.1) is 0 Å². The van der Waals surface area contributed by atoms with Gasteiger partial charge in [-0.05, 0) is 106 Å². The van der Waals surface area contributed by atoms with Gasteiger partial charge in [0.25, 0.3) is 0 Å². The van der Waals surface area contributed by atoms with Crippen molar-refractivity contribution in [2.24, 2.45) is 23.2 Å². The van der Waals surface area contributed by atoms with E-state index in [1.54, 1.807) is 0 Å². The maximum absolute atomic E-state index is 12.5. The highest BCUT2D eigenvalue weighted by Gasteiger charge is 2.53. The molecule has 4 bridgehead atoms. The monoisotopic (exact) mass is 354 g/mol. The van der Waals surface area contributed by atoms with Crippen molar-refractivity contribution in [2.45, 2.75) is 65.3 Å². The molecule has 1 atom stereocenters. The smallest absolute Gasteiger partial charge is 0.313 e. The van der Waals surface area contributed by atoms with Gasteiger partial charge in [-0.1, -0.05) is 6.07 Å². The Morgan fingerprint density at radius 1 is 0.962 bits per heavy atom. The molecule has 0 heterocycles. The number of carbonyl (C=O) groups is 2. The zero-order valence-electron chi connectivity index (χ0n) is 16.1. The molecule has 0 spiro atoms. The number of anilines is 1. The average molecular weight is 354 g/mol. The molecule has 0 aliphatic heterocycles. The fourth-order valence-electron chi connectivity index (χ4n) is 6.13. The van der Waals surface area contributed by atoms with Crippen molar-refractivity contribution < 1.29 is 9.59 Å². The van der Waals surface area contributed by atoms with Crippen LogP contribution in [0.25, 0.3) is 0 Å². The van der Waals surface area contributed by atoms with E-state index < -0.39 is 11.8 Å². The summed E-state index contributed by atoms with van der Waals surface area (Å²) in [5, 5.41) is 5.77. The molecule has 4 aliphatic carbocycles. The van der Waals surface area contributed by atoms with E-state index >= 15 is 0 Å². The number of amides is 2. The lowest BCUT2D eigenvalue weighted by molar-refractivity contribution is -0.138. The largest absolute Gasteiger partial charge is 0.345 e. The van der Waals surface area contributed by atoms with Gasteiger partial charge in [-0.25, -0.2) is 0 Å². The molecule has 4 fully saturated rings. The maximum Gasteiger partial charge on any atom is 0.313 e. The first-order valence-corrected chi connectivity index (χ1v) is 10.0. The Bertz CT molecular complexity index is 704. The molecule has 0 radical (unpaired) electrons. The van der Waals surface area contributed by atoms with Crippen molar-refractivity contribution in [1.29, 1.82) is 0 Å². The summed E-state index contributed by atoms with van der Waals surface area (Å²) >= 11 is 0. The average Bonchev–Trinajstić information content (AvgIpc) is 2.57. The first kappa shape index (κ1) is 17.6. The second kappa shape index (κ2) is 6.40. The predicted octanol–water partition coefficient (Wildman–Crippen LogP) is 3.96. The molecule has 4 nitrogen and oxygen atoms in total. The van der Waals surface area contributed by atoms with E-state index in [2.05, 4.69) is 17.6 Å². The van der Waals surface area contributed by atoms with E-state index in [9.17, 15) is 9.59 Å². The SMILES string of the molecule is Cc1ccc(NC(=O)C(=O)NC(C)C23CC4CC(CC(C4)C2)C3)cc1C. The standard InChI is InChI=1S/C22H30N2O2/c1-13-4-5-19(6-14(13)2)24-21(26)20(25)23-15(3)22-10-16-7-17(11-22)9-18(8-16)12-22/h4-6,15-18H,7-12H2,1-3H3,(H,23,25)(H,24,26). The summed E-state index contributed by atoms with van der Waals surface area (Å²) in [5.41, 5.74) is 3.16. The summed E-state index contributed by atoms with van der Waals surface area (Å²) in [7, 11) is 0. The molecule has 2 amide bonds. The van der Waals surface area contributed by atoms with Gasteiger partial charge in [-0.3, -0.25) is 9.59 Å². The number of hydrogen-bond acceptors (Lipinski definition) is 2. The first-order valence-electron chi connectivity index (χ1n) is 10.0. The van der Waals surface area contributed by atoms with Crippen molar-refractivity contribution >= 4 is 17.5 Å². The number of aryl methyl sites for hydroxylation is 2. The lowest BCUT2D eigenvalue weighted by Crippen LogP contribution is -2.57. The minimum absolute atomic E-state index is 0.0638. The number of hydrogen-bond donors (Lipinski definition) is 2. The fourth-order valence-corrected chi connectivity index (χ4v) is 6.13. The van der Waals surface area contributed by atoms with Crippen LogP contribution in [0, 0.1) is 37.0 Å². The predicted molar refractivity (Wildman–Crippen MR) is 103 cm³/mol. The van der Waals surface area contributed by atoms with E-state index in [-0.39, 0.29) is 11.5 Å². The molecule has 26 heavy (non-hydrogen) atoms. The highest BCUT2D eigenvalue weighted by Crippen LogP contribution is 2.61. The number of rotatable bonds is 3. The van der Waals surface area contributed by atoms with Crippen molar-refractivity contribution in [1.82, 2.24) is 5.32 Å². The van der Waals surface area contributed by atoms with Gasteiger partial charge in [-0.2, -0.15) is 0 Å². The van der Waals surface area contributed by atoms with Crippen LogP contribution in [0.15, 0.2) is 18.2 Å². The molecule has 0 saturated heterocycles. The topological polar surface area (TPSA) is 58.2 Å². The van der Waals surface area contributed by atoms with Crippen molar-refractivity contribution in [3.05, 3.63) is 29.3 Å². The van der Waals surface area contributed by atoms with Crippen LogP contribution in [0.4, 0.5) is 5.69 Å². The minimum atomic E-state index is -0.565. The third kappa shape index (κ3) is 3.15. The third-order valence-corrected chi connectivity index (χ3v) is 7.32. The molecule has 0 aromatic heterocycles. The molecular weight excluding hydrogens is 324 g/mol. The van der Waals surface area contributed by atoms with E-state index in [1.807, 2.05) is 32.0 Å². The zero-order chi connectivity index (χ0) is 18.5. The van der Waals surface area contributed by atoms with E-state index in [1.165, 1.54) is 44.1 Å². The van der Waals surface area contributed by atoms with Crippen LogP contribution in [0.2, 0.25) is 0 Å². The van der Waals surface area contributed by atoms with Crippen LogP contribution < -0.4 is 10.6 Å². The van der Waals surface area contributed by atoms with Gasteiger partial charge in [0.1, 0.15) is 0 Å². The van der Waals surface area contributed by atoms with Crippen molar-refractivity contribution in [2.75, 3.05) is 5.32 Å². The Morgan fingerprint density at radius 2 is 1.54 bits per heavy atom. The summed E-state index contributed by atoms with van der Waals surface area (Å²) < 4.78 is 0. The number of benzene rings is 1. The second-order valence-corrected chi connectivity index (χ2v) is 9.23. The molecule has 5 rings (SSSR count). The van der Waals surface area contributed by atoms with Gasteiger partial charge in [0.2, 0.25) is 0 Å². The normalized spacial score (nSPS) is 33.0. The Morgan fingerprint density at radius 3 is 2.08 bits per heavy atom. The zero-order valence-corrected chi connectivity index (χ0v) is 16.1. The Kier molecular flexibility index (Phi) is 4.32. The van der Waals surface area contributed by atoms with Gasteiger partial charge in [0.05, 0.1) is 0 Å². The molecule has 4 heteroatoms. The lowest BCUT2D eigenvalue weighted by atomic mass is 9.48. The van der Waals surface area contributed by atoms with Crippen LogP contribution in [0.1, 0.15) is 56.6 Å². The van der Waals surface area contributed by atoms with Crippen LogP contribution >= 0.6 is 0 Å². The van der Waals surface area contributed by atoms with E-state index in [0.29, 0.717) is 5.69 Å². The van der Waals surface area contributed by atoms with E-state index in [0.717, 1.165) is 23.3 Å². The van der Waals surface area contributed by atoms with Crippen LogP contribution in [-0.4, -0.2) is 17.9 Å². The molecule has 2 N–H and O–H groups in total. The summed E-state index contributed by atoms with van der Waals surface area (Å²) in [6, 6.07) is 5.77. The Hall–Kier alpha value is -1.84. The summed E-state index contributed by atoms with van der Waals surface area (Å²) in [6.45, 7) is 6.13. The third-order valence-electron chi connectivity index (χ3n) is 7.32. The Balaban J connectivity index is 1.39. The minimum Gasteiger partial charge on any atom is -0.345 e. The first-order chi connectivity index (χ1) is 12.3. The summed E-state index contributed by atoms with van der Waals surface area (Å²) in [5.74, 6) is 1.44. The highest BCUT2D eigenvalue weighted by molar-refractivity contribution is 6.39. The quantitative estimate of drug-likeness (QED) is 0.807.